The fraction of sp³-hybridized carbons (Fsp3) is 0.154. The van der Waals surface area contributed by atoms with Crippen molar-refractivity contribution in [2.45, 2.75) is 6.54 Å². The van der Waals surface area contributed by atoms with Gasteiger partial charge in [0.05, 0.1) is 16.4 Å². The number of benzene rings is 1. The lowest BCUT2D eigenvalue weighted by Crippen LogP contribution is -2.26. The lowest BCUT2D eigenvalue weighted by atomic mass is 10.2. The maximum Gasteiger partial charge on any atom is 0.255 e. The molecule has 1 heterocycles. The van der Waals surface area contributed by atoms with Gasteiger partial charge in [0.25, 0.3) is 5.91 Å². The summed E-state index contributed by atoms with van der Waals surface area (Å²) in [6.45, 7) is 0.540. The van der Waals surface area contributed by atoms with Gasteiger partial charge >= 0.3 is 0 Å². The molecule has 19 heavy (non-hydrogen) atoms. The van der Waals surface area contributed by atoms with Crippen LogP contribution in [0.5, 0.6) is 0 Å². The van der Waals surface area contributed by atoms with Crippen LogP contribution in [0.25, 0.3) is 0 Å². The molecule has 1 aromatic heterocycles. The van der Waals surface area contributed by atoms with Crippen LogP contribution in [0.15, 0.2) is 30.3 Å². The summed E-state index contributed by atoms with van der Waals surface area (Å²) in [5.74, 6) is -0.0450. The third-order valence-corrected chi connectivity index (χ3v) is 4.92. The molecule has 0 bridgehead atoms. The smallest absolute Gasteiger partial charge is 0.255 e. The van der Waals surface area contributed by atoms with E-state index in [4.69, 9.17) is 23.2 Å². The maximum atomic E-state index is 12.4. The summed E-state index contributed by atoms with van der Waals surface area (Å²) in [5.41, 5.74) is 0.623. The number of halogens is 3. The van der Waals surface area contributed by atoms with Crippen molar-refractivity contribution in [3.63, 3.8) is 0 Å². The van der Waals surface area contributed by atoms with Crippen LogP contribution in [-0.2, 0) is 6.54 Å². The largest absolute Gasteiger partial charge is 0.337 e. The Hall–Kier alpha value is -0.300. The van der Waals surface area contributed by atoms with Crippen molar-refractivity contribution >= 4 is 63.0 Å². The predicted octanol–water partition coefficient (Wildman–Crippen LogP) is 4.93. The van der Waals surface area contributed by atoms with E-state index in [0.29, 0.717) is 17.1 Å². The zero-order chi connectivity index (χ0) is 14.0. The molecule has 0 saturated carbocycles. The standard InChI is InChI=1S/C13H10Cl2INOS/c1-17(7-9-3-5-12(15)19-9)13(18)10-6-8(14)2-4-11(10)16/h2-6H,7H2,1H3. The molecule has 1 amide bonds. The molecule has 0 fully saturated rings. The lowest BCUT2D eigenvalue weighted by molar-refractivity contribution is 0.0785. The Morgan fingerprint density at radius 2 is 2.05 bits per heavy atom. The molecule has 6 heteroatoms. The SMILES string of the molecule is CN(Cc1ccc(Cl)s1)C(=O)c1cc(Cl)ccc1I. The van der Waals surface area contributed by atoms with Crippen molar-refractivity contribution in [1.82, 2.24) is 4.90 Å². The molecule has 0 unspecified atom stereocenters. The summed E-state index contributed by atoms with van der Waals surface area (Å²) >= 11 is 15.4. The highest BCUT2D eigenvalue weighted by Gasteiger charge is 2.16. The second kappa shape index (κ2) is 6.43. The van der Waals surface area contributed by atoms with E-state index in [1.165, 1.54) is 11.3 Å². The Labute approximate surface area is 139 Å². The average molecular weight is 426 g/mol. The molecule has 2 nitrogen and oxygen atoms in total. The summed E-state index contributed by atoms with van der Waals surface area (Å²) < 4.78 is 1.62. The Morgan fingerprint density at radius 1 is 1.32 bits per heavy atom. The third kappa shape index (κ3) is 3.84. The molecule has 0 aliphatic carbocycles. The van der Waals surface area contributed by atoms with Gasteiger partial charge in [-0.3, -0.25) is 4.79 Å². The number of rotatable bonds is 3. The van der Waals surface area contributed by atoms with Gasteiger partial charge in [-0.2, -0.15) is 0 Å². The minimum atomic E-state index is -0.0450. The van der Waals surface area contributed by atoms with Gasteiger partial charge in [0.2, 0.25) is 0 Å². The molecule has 1 aromatic carbocycles. The van der Waals surface area contributed by atoms with E-state index >= 15 is 0 Å². The van der Waals surface area contributed by atoms with Gasteiger partial charge in [0.1, 0.15) is 0 Å². The van der Waals surface area contributed by atoms with Gasteiger partial charge in [-0.05, 0) is 52.9 Å². The number of carbonyl (C=O) groups excluding carboxylic acids is 1. The van der Waals surface area contributed by atoms with E-state index < -0.39 is 0 Å². The van der Waals surface area contributed by atoms with Gasteiger partial charge < -0.3 is 4.90 Å². The van der Waals surface area contributed by atoms with Crippen LogP contribution >= 0.6 is 57.1 Å². The number of thiophene rings is 1. The van der Waals surface area contributed by atoms with Crippen LogP contribution in [0.4, 0.5) is 0 Å². The van der Waals surface area contributed by atoms with Crippen molar-refractivity contribution in [2.24, 2.45) is 0 Å². The molecular weight excluding hydrogens is 416 g/mol. The molecule has 0 N–H and O–H groups in total. The summed E-state index contributed by atoms with van der Waals surface area (Å²) in [5, 5.41) is 0.566. The predicted molar refractivity (Wildman–Crippen MR) is 89.3 cm³/mol. The molecular formula is C13H10Cl2INOS. The summed E-state index contributed by atoms with van der Waals surface area (Å²) in [7, 11) is 1.77. The van der Waals surface area contributed by atoms with E-state index in [-0.39, 0.29) is 5.91 Å². The minimum Gasteiger partial charge on any atom is -0.337 e. The van der Waals surface area contributed by atoms with Crippen LogP contribution in [0.3, 0.4) is 0 Å². The Kier molecular flexibility index (Phi) is 5.11. The first-order chi connectivity index (χ1) is 8.97. The normalized spacial score (nSPS) is 10.5. The van der Waals surface area contributed by atoms with Crippen LogP contribution in [0.1, 0.15) is 15.2 Å². The van der Waals surface area contributed by atoms with Gasteiger partial charge in [-0.15, -0.1) is 11.3 Å². The highest BCUT2D eigenvalue weighted by molar-refractivity contribution is 14.1. The van der Waals surface area contributed by atoms with Gasteiger partial charge in [-0.25, -0.2) is 0 Å². The molecule has 2 aromatic rings. The molecule has 2 rings (SSSR count). The van der Waals surface area contributed by atoms with Crippen molar-refractivity contribution in [3.05, 3.63) is 53.7 Å². The second-order valence-corrected chi connectivity index (χ2v) is 7.39. The zero-order valence-corrected chi connectivity index (χ0v) is 14.5. The van der Waals surface area contributed by atoms with Gasteiger partial charge in [-0.1, -0.05) is 23.2 Å². The van der Waals surface area contributed by atoms with Gasteiger partial charge in [0.15, 0.2) is 0 Å². The lowest BCUT2D eigenvalue weighted by Gasteiger charge is -2.17. The molecule has 0 aliphatic heterocycles. The Bertz CT molecular complexity index is 614. The summed E-state index contributed by atoms with van der Waals surface area (Å²) in [4.78, 5) is 15.1. The van der Waals surface area contributed by atoms with Crippen molar-refractivity contribution in [3.8, 4) is 0 Å². The summed E-state index contributed by atoms with van der Waals surface area (Å²) in [6.07, 6.45) is 0. The first-order valence-electron chi connectivity index (χ1n) is 5.42. The zero-order valence-electron chi connectivity index (χ0n) is 9.99. The molecule has 0 saturated heterocycles. The fourth-order valence-corrected chi connectivity index (χ4v) is 3.49. The molecule has 100 valence electrons. The molecule has 0 spiro atoms. The van der Waals surface area contributed by atoms with E-state index in [1.807, 2.05) is 18.2 Å². The summed E-state index contributed by atoms with van der Waals surface area (Å²) in [6, 6.07) is 9.08. The molecule has 0 atom stereocenters. The first-order valence-corrected chi connectivity index (χ1v) is 8.07. The monoisotopic (exact) mass is 425 g/mol. The van der Waals surface area contributed by atoms with Crippen molar-refractivity contribution < 1.29 is 4.79 Å². The molecule has 0 radical (unpaired) electrons. The number of amides is 1. The van der Waals surface area contributed by atoms with E-state index in [0.717, 1.165) is 12.8 Å². The first kappa shape index (κ1) is 15.1. The molecule has 0 aliphatic rings. The van der Waals surface area contributed by atoms with Crippen LogP contribution in [-0.4, -0.2) is 17.9 Å². The highest BCUT2D eigenvalue weighted by atomic mass is 127. The van der Waals surface area contributed by atoms with E-state index in [1.54, 1.807) is 24.1 Å². The van der Waals surface area contributed by atoms with Gasteiger partial charge in [0, 0.05) is 20.5 Å². The van der Waals surface area contributed by atoms with Crippen LogP contribution < -0.4 is 0 Å². The minimum absolute atomic E-state index is 0.0450. The van der Waals surface area contributed by atoms with Crippen molar-refractivity contribution in [1.29, 1.82) is 0 Å². The second-order valence-electron chi connectivity index (χ2n) is 3.99. The number of nitrogens with zero attached hydrogens (tertiary/aromatic N) is 1. The number of hydrogen-bond acceptors (Lipinski definition) is 2. The Balaban J connectivity index is 2.16. The van der Waals surface area contributed by atoms with E-state index in [9.17, 15) is 4.79 Å². The topological polar surface area (TPSA) is 20.3 Å². The van der Waals surface area contributed by atoms with Crippen LogP contribution in [0, 0.1) is 3.57 Å². The fourth-order valence-electron chi connectivity index (χ4n) is 1.61. The highest BCUT2D eigenvalue weighted by Crippen LogP contribution is 2.24. The number of carbonyl (C=O) groups is 1. The van der Waals surface area contributed by atoms with Crippen LogP contribution in [0.2, 0.25) is 9.36 Å². The Morgan fingerprint density at radius 3 is 2.68 bits per heavy atom. The average Bonchev–Trinajstić information content (AvgIpc) is 2.77. The maximum absolute atomic E-state index is 12.4. The van der Waals surface area contributed by atoms with E-state index in [2.05, 4.69) is 22.6 Å². The third-order valence-electron chi connectivity index (χ3n) is 2.53. The number of hydrogen-bond donors (Lipinski definition) is 0. The van der Waals surface area contributed by atoms with Crippen molar-refractivity contribution in [2.75, 3.05) is 7.05 Å². The quantitative estimate of drug-likeness (QED) is 0.638.